The summed E-state index contributed by atoms with van der Waals surface area (Å²) >= 11 is 0. The van der Waals surface area contributed by atoms with Crippen LogP contribution in [0.1, 0.15) is 5.56 Å². The second-order valence-corrected chi connectivity index (χ2v) is 7.52. The molecule has 0 saturated carbocycles. The van der Waals surface area contributed by atoms with Gasteiger partial charge in [0.25, 0.3) is 0 Å². The molecule has 1 radical (unpaired) electrons. The van der Waals surface area contributed by atoms with Crippen LogP contribution in [0.2, 0.25) is 0 Å². The van der Waals surface area contributed by atoms with Crippen LogP contribution in [0, 0.1) is 24.6 Å². The first kappa shape index (κ1) is 23.0. The third-order valence-corrected chi connectivity index (χ3v) is 5.11. The topological polar surface area (TPSA) is 12.9 Å². The van der Waals surface area contributed by atoms with Gasteiger partial charge in [0, 0.05) is 37.9 Å². The van der Waals surface area contributed by atoms with Crippen LogP contribution in [0.25, 0.3) is 11.3 Å². The molecular weight excluding hydrogens is 563 g/mol. The van der Waals surface area contributed by atoms with Gasteiger partial charge in [-0.2, -0.15) is 0 Å². The SMILES string of the molecule is Cc1ccnc(-c2[c-]cc(F)cc2F)c1.[Ir].c1ccc(Pc2ccccc2)cc1. The van der Waals surface area contributed by atoms with E-state index in [0.717, 1.165) is 26.3 Å². The van der Waals surface area contributed by atoms with E-state index in [-0.39, 0.29) is 25.7 Å². The normalized spacial score (nSPS) is 9.76. The zero-order chi connectivity index (χ0) is 19.8. The van der Waals surface area contributed by atoms with Crippen molar-refractivity contribution in [2.24, 2.45) is 0 Å². The van der Waals surface area contributed by atoms with E-state index in [9.17, 15) is 8.78 Å². The third-order valence-electron chi connectivity index (χ3n) is 3.87. The van der Waals surface area contributed by atoms with Gasteiger partial charge in [0.2, 0.25) is 0 Å². The van der Waals surface area contributed by atoms with Gasteiger partial charge in [-0.05, 0) is 29.3 Å². The number of benzene rings is 3. The molecule has 1 heterocycles. The molecule has 3 aromatic carbocycles. The van der Waals surface area contributed by atoms with Crippen molar-refractivity contribution in [2.75, 3.05) is 0 Å². The van der Waals surface area contributed by atoms with Crippen molar-refractivity contribution >= 4 is 19.2 Å². The van der Waals surface area contributed by atoms with Gasteiger partial charge in [0.1, 0.15) is 0 Å². The molecule has 0 spiro atoms. The Morgan fingerprint density at radius 3 is 1.93 bits per heavy atom. The molecule has 4 aromatic rings. The first-order valence-electron chi connectivity index (χ1n) is 8.79. The third kappa shape index (κ3) is 7.25. The summed E-state index contributed by atoms with van der Waals surface area (Å²) in [5, 5.41) is 2.79. The van der Waals surface area contributed by atoms with E-state index in [0.29, 0.717) is 5.69 Å². The summed E-state index contributed by atoms with van der Waals surface area (Å²) in [6.07, 6.45) is 1.58. The monoisotopic (exact) mass is 583 g/mol. The van der Waals surface area contributed by atoms with Crippen LogP contribution < -0.4 is 10.6 Å². The molecule has 0 aliphatic rings. The van der Waals surface area contributed by atoms with Crippen molar-refractivity contribution in [3.63, 3.8) is 0 Å². The largest absolute Gasteiger partial charge is 0.305 e. The quantitative estimate of drug-likeness (QED) is 0.231. The molecule has 0 aliphatic heterocycles. The maximum absolute atomic E-state index is 13.4. The number of aryl methyl sites for hydroxylation is 1. The molecule has 0 amide bonds. The second-order valence-electron chi connectivity index (χ2n) is 6.12. The zero-order valence-electron chi connectivity index (χ0n) is 15.7. The number of hydrogen-bond acceptors (Lipinski definition) is 1. The van der Waals surface area contributed by atoms with Gasteiger partial charge in [-0.25, -0.2) is 0 Å². The minimum absolute atomic E-state index is 0. The van der Waals surface area contributed by atoms with Gasteiger partial charge in [0.05, 0.1) is 0 Å². The van der Waals surface area contributed by atoms with Crippen molar-refractivity contribution in [3.8, 4) is 11.3 Å². The molecule has 29 heavy (non-hydrogen) atoms. The van der Waals surface area contributed by atoms with Crippen molar-refractivity contribution in [1.82, 2.24) is 4.98 Å². The average Bonchev–Trinajstić information content (AvgIpc) is 2.70. The van der Waals surface area contributed by atoms with E-state index in [1.54, 1.807) is 12.3 Å². The molecule has 0 unspecified atom stereocenters. The van der Waals surface area contributed by atoms with E-state index in [1.807, 2.05) is 13.0 Å². The molecule has 149 valence electrons. The van der Waals surface area contributed by atoms with Gasteiger partial charge >= 0.3 is 0 Å². The van der Waals surface area contributed by atoms with Crippen LogP contribution in [0.15, 0.2) is 91.1 Å². The number of halogens is 2. The number of nitrogens with zero attached hydrogens (tertiary/aromatic N) is 1. The Hall–Kier alpha value is -2.25. The number of aromatic nitrogens is 1. The fourth-order valence-corrected chi connectivity index (χ4v) is 3.58. The molecule has 0 N–H and O–H groups in total. The van der Waals surface area contributed by atoms with Crippen LogP contribution >= 0.6 is 8.58 Å². The molecule has 0 saturated heterocycles. The summed E-state index contributed by atoms with van der Waals surface area (Å²) in [5.41, 5.74) is 1.63. The maximum Gasteiger partial charge on any atom is 0.0408 e. The molecule has 1 aromatic heterocycles. The van der Waals surface area contributed by atoms with Crippen molar-refractivity contribution in [2.45, 2.75) is 6.92 Å². The summed E-state index contributed by atoms with van der Waals surface area (Å²) < 4.78 is 26.0. The molecule has 4 rings (SSSR count). The molecule has 5 heteroatoms. The smallest absolute Gasteiger partial charge is 0.0408 e. The molecule has 0 fully saturated rings. The summed E-state index contributed by atoms with van der Waals surface area (Å²) in [6.45, 7) is 1.88. The minimum atomic E-state index is -0.645. The number of rotatable bonds is 3. The Kier molecular flexibility index (Phi) is 9.28. The standard InChI is InChI=1S/C12H8F2N.C12H11P.Ir/c1-8-4-5-15-12(6-8)10-3-2-9(13)7-11(10)14;1-3-7-11(8-4-1)13-12-9-5-2-6-10-12;/h2,4-7H,1H3;1-10,13H;/q-1;;. The van der Waals surface area contributed by atoms with Crippen LogP contribution in [-0.2, 0) is 20.1 Å². The van der Waals surface area contributed by atoms with Crippen LogP contribution in [0.3, 0.4) is 0 Å². The van der Waals surface area contributed by atoms with Gasteiger partial charge in [-0.15, -0.1) is 12.1 Å². The van der Waals surface area contributed by atoms with Gasteiger partial charge < -0.3 is 4.98 Å². The predicted octanol–water partition coefficient (Wildman–Crippen LogP) is 5.45. The van der Waals surface area contributed by atoms with E-state index < -0.39 is 11.6 Å². The average molecular weight is 583 g/mol. The predicted molar refractivity (Wildman–Crippen MR) is 114 cm³/mol. The summed E-state index contributed by atoms with van der Waals surface area (Å²) in [7, 11) is 0.777. The van der Waals surface area contributed by atoms with Crippen LogP contribution in [0.4, 0.5) is 8.78 Å². The van der Waals surface area contributed by atoms with E-state index in [4.69, 9.17) is 0 Å². The summed E-state index contributed by atoms with van der Waals surface area (Å²) in [4.78, 5) is 4.01. The minimum Gasteiger partial charge on any atom is -0.305 e. The first-order chi connectivity index (χ1) is 13.6. The molecule has 1 nitrogen and oxygen atoms in total. The molecule has 0 atom stereocenters. The van der Waals surface area contributed by atoms with Gasteiger partial charge in [0.15, 0.2) is 0 Å². The Bertz CT molecular complexity index is 990. The Balaban J connectivity index is 0.000000202. The van der Waals surface area contributed by atoms with Crippen LogP contribution in [-0.4, -0.2) is 4.98 Å². The van der Waals surface area contributed by atoms with Crippen LogP contribution in [0.5, 0.6) is 0 Å². The number of hydrogen-bond donors (Lipinski definition) is 0. The van der Waals surface area contributed by atoms with E-state index >= 15 is 0 Å². The molecule has 0 bridgehead atoms. The fourth-order valence-electron chi connectivity index (χ4n) is 2.52. The van der Waals surface area contributed by atoms with E-state index in [1.165, 1.54) is 10.6 Å². The Morgan fingerprint density at radius 2 is 1.41 bits per heavy atom. The van der Waals surface area contributed by atoms with Crippen molar-refractivity contribution < 1.29 is 28.9 Å². The molecular formula is C24H19F2IrNP-. The first-order valence-corrected chi connectivity index (χ1v) is 9.79. The number of pyridine rings is 1. The summed E-state index contributed by atoms with van der Waals surface area (Å²) in [6, 6.07) is 29.2. The summed E-state index contributed by atoms with van der Waals surface area (Å²) in [5.74, 6) is -1.28. The van der Waals surface area contributed by atoms with Crippen molar-refractivity contribution in [3.05, 3.63) is 114 Å². The second kappa shape index (κ2) is 11.7. The Morgan fingerprint density at radius 1 is 0.828 bits per heavy atom. The fraction of sp³-hybridized carbons (Fsp3) is 0.0417. The van der Waals surface area contributed by atoms with E-state index in [2.05, 4.69) is 71.7 Å². The zero-order valence-corrected chi connectivity index (χ0v) is 19.1. The van der Waals surface area contributed by atoms with Gasteiger partial charge in [-0.1, -0.05) is 92.5 Å². The molecule has 0 aliphatic carbocycles. The van der Waals surface area contributed by atoms with Crippen molar-refractivity contribution in [1.29, 1.82) is 0 Å². The Labute approximate surface area is 185 Å². The van der Waals surface area contributed by atoms with Gasteiger partial charge in [-0.3, -0.25) is 8.78 Å². The maximum atomic E-state index is 13.4.